The molecule has 20 heavy (non-hydrogen) atoms. The second-order valence-corrected chi connectivity index (χ2v) is 8.24. The molecule has 1 atom stereocenters. The van der Waals surface area contributed by atoms with Gasteiger partial charge >= 0.3 is 0 Å². The fourth-order valence-corrected chi connectivity index (χ4v) is 5.19. The number of hydrogen-bond donors (Lipinski definition) is 1. The molecule has 2 aromatic rings. The number of sulfone groups is 1. The summed E-state index contributed by atoms with van der Waals surface area (Å²) < 4.78 is 25.4. The number of anilines is 1. The average molecular weight is 314 g/mol. The minimum Gasteiger partial charge on any atom is -0.354 e. The summed E-state index contributed by atoms with van der Waals surface area (Å²) in [6.45, 7) is 0.705. The fourth-order valence-electron chi connectivity index (χ4n) is 2.69. The quantitative estimate of drug-likeness (QED) is 0.901. The summed E-state index contributed by atoms with van der Waals surface area (Å²) in [5.41, 5.74) is 1.08. The molecule has 3 rings (SSSR count). The van der Waals surface area contributed by atoms with Crippen LogP contribution in [0.4, 0.5) is 5.82 Å². The van der Waals surface area contributed by atoms with E-state index >= 15 is 0 Å². The van der Waals surface area contributed by atoms with Gasteiger partial charge in [0.1, 0.15) is 0 Å². The maximum absolute atomic E-state index is 11.6. The molecule has 0 amide bonds. The lowest BCUT2D eigenvalue weighted by Crippen LogP contribution is -2.33. The molecular weight excluding hydrogens is 296 g/mol. The zero-order chi connectivity index (χ0) is 14.3. The lowest BCUT2D eigenvalue weighted by Gasteiger charge is -2.24. The first-order valence-corrected chi connectivity index (χ1v) is 9.24. The Kier molecular flexibility index (Phi) is 3.47. The molecule has 8 heteroatoms. The molecule has 3 heterocycles. The average Bonchev–Trinajstić information content (AvgIpc) is 3.05. The third kappa shape index (κ3) is 2.32. The first-order valence-electron chi connectivity index (χ1n) is 6.54. The molecular formula is C12H18N4O2S2. The molecule has 0 spiro atoms. The van der Waals surface area contributed by atoms with Gasteiger partial charge in [0.15, 0.2) is 20.6 Å². The minimum atomic E-state index is -2.88. The highest BCUT2D eigenvalue weighted by Crippen LogP contribution is 2.28. The van der Waals surface area contributed by atoms with Crippen LogP contribution in [0.2, 0.25) is 0 Å². The SMILES string of the molecule is CNCc1c(N(C)C2CCS(=O)(=O)C2)nc2sccn12. The van der Waals surface area contributed by atoms with E-state index in [-0.39, 0.29) is 17.5 Å². The number of nitrogens with zero attached hydrogens (tertiary/aromatic N) is 3. The Balaban J connectivity index is 1.96. The van der Waals surface area contributed by atoms with Gasteiger partial charge in [-0.3, -0.25) is 4.40 Å². The third-order valence-electron chi connectivity index (χ3n) is 3.77. The maximum atomic E-state index is 11.6. The number of aromatic nitrogens is 2. The highest BCUT2D eigenvalue weighted by atomic mass is 32.2. The van der Waals surface area contributed by atoms with Crippen LogP contribution in [0, 0.1) is 0 Å². The van der Waals surface area contributed by atoms with E-state index in [4.69, 9.17) is 0 Å². The molecule has 1 aliphatic rings. The van der Waals surface area contributed by atoms with E-state index in [1.807, 2.05) is 30.6 Å². The van der Waals surface area contributed by atoms with Crippen LogP contribution in [-0.4, -0.2) is 49.4 Å². The Morgan fingerprint density at radius 2 is 2.40 bits per heavy atom. The predicted octanol–water partition coefficient (Wildman–Crippen LogP) is 0.738. The van der Waals surface area contributed by atoms with Gasteiger partial charge in [-0.1, -0.05) is 0 Å². The van der Waals surface area contributed by atoms with Crippen LogP contribution < -0.4 is 10.2 Å². The van der Waals surface area contributed by atoms with Crippen molar-refractivity contribution in [2.75, 3.05) is 30.5 Å². The van der Waals surface area contributed by atoms with Crippen molar-refractivity contribution in [1.82, 2.24) is 14.7 Å². The van der Waals surface area contributed by atoms with Gasteiger partial charge < -0.3 is 10.2 Å². The number of rotatable bonds is 4. The van der Waals surface area contributed by atoms with Crippen LogP contribution in [0.3, 0.4) is 0 Å². The van der Waals surface area contributed by atoms with Gasteiger partial charge in [0, 0.05) is 31.2 Å². The van der Waals surface area contributed by atoms with Gasteiger partial charge in [-0.25, -0.2) is 13.4 Å². The van der Waals surface area contributed by atoms with Crippen LogP contribution in [0.1, 0.15) is 12.1 Å². The van der Waals surface area contributed by atoms with Gasteiger partial charge in [-0.2, -0.15) is 0 Å². The predicted molar refractivity (Wildman–Crippen MR) is 81.3 cm³/mol. The van der Waals surface area contributed by atoms with E-state index in [0.717, 1.165) is 16.5 Å². The minimum absolute atomic E-state index is 0.0280. The zero-order valence-corrected chi connectivity index (χ0v) is 13.2. The number of thiazole rings is 1. The highest BCUT2D eigenvalue weighted by Gasteiger charge is 2.32. The van der Waals surface area contributed by atoms with Crippen LogP contribution in [0.25, 0.3) is 4.96 Å². The van der Waals surface area contributed by atoms with Crippen LogP contribution in [0.15, 0.2) is 11.6 Å². The Morgan fingerprint density at radius 1 is 1.60 bits per heavy atom. The highest BCUT2D eigenvalue weighted by molar-refractivity contribution is 7.91. The molecule has 110 valence electrons. The molecule has 1 fully saturated rings. The Hall–Kier alpha value is -1.12. The van der Waals surface area contributed by atoms with E-state index in [0.29, 0.717) is 13.0 Å². The van der Waals surface area contributed by atoms with Gasteiger partial charge in [-0.15, -0.1) is 11.3 Å². The molecule has 1 N–H and O–H groups in total. The van der Waals surface area contributed by atoms with Crippen molar-refractivity contribution in [2.24, 2.45) is 0 Å². The summed E-state index contributed by atoms with van der Waals surface area (Å²) in [7, 11) is 0.960. The zero-order valence-electron chi connectivity index (χ0n) is 11.5. The summed E-state index contributed by atoms with van der Waals surface area (Å²) in [5.74, 6) is 1.40. The normalized spacial score (nSPS) is 21.6. The first-order chi connectivity index (χ1) is 9.52. The molecule has 2 aromatic heterocycles. The largest absolute Gasteiger partial charge is 0.354 e. The van der Waals surface area contributed by atoms with E-state index in [9.17, 15) is 8.42 Å². The topological polar surface area (TPSA) is 66.7 Å². The summed E-state index contributed by atoms with van der Waals surface area (Å²) >= 11 is 1.59. The Labute approximate surface area is 122 Å². The molecule has 1 unspecified atom stereocenters. The van der Waals surface area contributed by atoms with E-state index in [1.165, 1.54) is 0 Å². The van der Waals surface area contributed by atoms with Crippen molar-refractivity contribution < 1.29 is 8.42 Å². The molecule has 1 saturated heterocycles. The van der Waals surface area contributed by atoms with Crippen LogP contribution in [0.5, 0.6) is 0 Å². The smallest absolute Gasteiger partial charge is 0.195 e. The molecule has 0 bridgehead atoms. The summed E-state index contributed by atoms with van der Waals surface area (Å²) in [6.07, 6.45) is 2.69. The molecule has 0 aromatic carbocycles. The molecule has 0 aliphatic carbocycles. The van der Waals surface area contributed by atoms with E-state index in [1.54, 1.807) is 11.3 Å². The molecule has 0 saturated carbocycles. The van der Waals surface area contributed by atoms with Gasteiger partial charge in [0.25, 0.3) is 0 Å². The second kappa shape index (κ2) is 5.01. The van der Waals surface area contributed by atoms with Crippen LogP contribution in [-0.2, 0) is 16.4 Å². The van der Waals surface area contributed by atoms with Crippen molar-refractivity contribution in [3.05, 3.63) is 17.3 Å². The van der Waals surface area contributed by atoms with Crippen molar-refractivity contribution in [3.63, 3.8) is 0 Å². The number of imidazole rings is 1. The summed E-state index contributed by atoms with van der Waals surface area (Å²) in [5, 5.41) is 5.16. The Bertz CT molecular complexity index is 719. The first kappa shape index (κ1) is 13.8. The molecule has 1 aliphatic heterocycles. The van der Waals surface area contributed by atoms with Crippen molar-refractivity contribution in [2.45, 2.75) is 19.0 Å². The molecule has 0 radical (unpaired) electrons. The number of nitrogens with one attached hydrogen (secondary N) is 1. The second-order valence-electron chi connectivity index (χ2n) is 5.14. The van der Waals surface area contributed by atoms with Gasteiger partial charge in [-0.05, 0) is 13.5 Å². The van der Waals surface area contributed by atoms with Crippen molar-refractivity contribution >= 4 is 32.0 Å². The van der Waals surface area contributed by atoms with Gasteiger partial charge in [0.2, 0.25) is 0 Å². The van der Waals surface area contributed by atoms with Crippen LogP contribution >= 0.6 is 11.3 Å². The monoisotopic (exact) mass is 314 g/mol. The number of fused-ring (bicyclic) bond motifs is 1. The van der Waals surface area contributed by atoms with Crippen molar-refractivity contribution in [1.29, 1.82) is 0 Å². The Morgan fingerprint density at radius 3 is 3.05 bits per heavy atom. The number of hydrogen-bond acceptors (Lipinski definition) is 6. The lowest BCUT2D eigenvalue weighted by atomic mass is 10.2. The standard InChI is InChI=1S/C12H18N4O2S2/c1-13-7-10-11(14-12-16(10)4-5-19-12)15(2)9-3-6-20(17,18)8-9/h4-5,9,13H,3,6-8H2,1-2H3. The maximum Gasteiger partial charge on any atom is 0.195 e. The van der Waals surface area contributed by atoms with Gasteiger partial charge in [0.05, 0.1) is 17.2 Å². The summed E-state index contributed by atoms with van der Waals surface area (Å²) in [4.78, 5) is 7.62. The molecule has 6 nitrogen and oxygen atoms in total. The fraction of sp³-hybridized carbons (Fsp3) is 0.583. The van der Waals surface area contributed by atoms with E-state index in [2.05, 4.69) is 14.7 Å². The third-order valence-corrected chi connectivity index (χ3v) is 6.28. The summed E-state index contributed by atoms with van der Waals surface area (Å²) in [6, 6.07) is 0.0280. The van der Waals surface area contributed by atoms with E-state index < -0.39 is 9.84 Å². The van der Waals surface area contributed by atoms with Crippen molar-refractivity contribution in [3.8, 4) is 0 Å². The lowest BCUT2D eigenvalue weighted by molar-refractivity contribution is 0.600.